The normalized spacial score (nSPS) is 22.5. The molecule has 0 radical (unpaired) electrons. The molecular formula is C24H37ClN4O5S. The number of nitrogens with one attached hydrogen (secondary N) is 2. The molecule has 35 heavy (non-hydrogen) atoms. The SMILES string of the molecule is O=C1CN(CCCCCS(=O)(=O)N[C@H](CN2CCCC2)c2ccc(Cl)c(OCC3CC3)c2)C(O)N1. The highest BCUT2D eigenvalue weighted by molar-refractivity contribution is 7.89. The van der Waals surface area contributed by atoms with E-state index in [0.29, 0.717) is 55.6 Å². The summed E-state index contributed by atoms with van der Waals surface area (Å²) in [4.78, 5) is 15.3. The van der Waals surface area contributed by atoms with Crippen molar-refractivity contribution in [2.45, 2.75) is 57.3 Å². The highest BCUT2D eigenvalue weighted by Crippen LogP contribution is 2.33. The van der Waals surface area contributed by atoms with Gasteiger partial charge in [0.25, 0.3) is 0 Å². The van der Waals surface area contributed by atoms with Crippen LogP contribution < -0.4 is 14.8 Å². The van der Waals surface area contributed by atoms with Crippen LogP contribution in [0.2, 0.25) is 5.02 Å². The highest BCUT2D eigenvalue weighted by atomic mass is 35.5. The molecule has 1 amide bonds. The molecule has 196 valence electrons. The largest absolute Gasteiger partial charge is 0.492 e. The van der Waals surface area contributed by atoms with Crippen molar-refractivity contribution in [3.63, 3.8) is 0 Å². The van der Waals surface area contributed by atoms with Crippen molar-refractivity contribution in [2.24, 2.45) is 5.92 Å². The third-order valence-electron chi connectivity index (χ3n) is 6.83. The first-order valence-electron chi connectivity index (χ1n) is 12.7. The minimum atomic E-state index is -3.51. The van der Waals surface area contributed by atoms with E-state index in [2.05, 4.69) is 14.9 Å². The Morgan fingerprint density at radius 1 is 1.20 bits per heavy atom. The maximum Gasteiger partial charge on any atom is 0.237 e. The Morgan fingerprint density at radius 2 is 1.97 bits per heavy atom. The molecule has 4 rings (SSSR count). The summed E-state index contributed by atoms with van der Waals surface area (Å²) in [7, 11) is -3.51. The van der Waals surface area contributed by atoms with E-state index in [1.165, 1.54) is 12.8 Å². The first-order valence-corrected chi connectivity index (χ1v) is 14.7. The Hall–Kier alpha value is -1.43. The molecule has 9 nitrogen and oxygen atoms in total. The molecule has 11 heteroatoms. The Bertz CT molecular complexity index is 969. The standard InChI is InChI=1S/C24H37ClN4O5S/c25-20-9-8-19(14-22(20)34-17-18-6-7-18)21(15-28-10-3-4-11-28)27-35(32,33)13-5-1-2-12-29-16-23(30)26-24(29)31/h8-9,14,18,21,24,27,31H,1-7,10-13,15-17H2,(H,26,30)/t21-,24?/m1/s1. The van der Waals surface area contributed by atoms with Gasteiger partial charge in [-0.2, -0.15) is 0 Å². The number of carbonyl (C=O) groups excluding carboxylic acids is 1. The van der Waals surface area contributed by atoms with Gasteiger partial charge in [0, 0.05) is 13.1 Å². The van der Waals surface area contributed by atoms with Gasteiger partial charge in [0.15, 0.2) is 6.35 Å². The number of benzene rings is 1. The van der Waals surface area contributed by atoms with Gasteiger partial charge in [-0.05, 0) is 75.2 Å². The molecule has 3 aliphatic rings. The second kappa shape index (κ2) is 12.2. The minimum Gasteiger partial charge on any atom is -0.492 e. The van der Waals surface area contributed by atoms with Gasteiger partial charge in [-0.25, -0.2) is 13.1 Å². The molecular weight excluding hydrogens is 492 g/mol. The van der Waals surface area contributed by atoms with Gasteiger partial charge < -0.3 is 20.1 Å². The van der Waals surface area contributed by atoms with Crippen molar-refractivity contribution < 1.29 is 23.1 Å². The second-order valence-electron chi connectivity index (χ2n) is 9.91. The summed E-state index contributed by atoms with van der Waals surface area (Å²) in [5, 5.41) is 12.7. The van der Waals surface area contributed by atoms with Gasteiger partial charge in [-0.1, -0.05) is 24.1 Å². The smallest absolute Gasteiger partial charge is 0.237 e. The van der Waals surface area contributed by atoms with E-state index < -0.39 is 16.4 Å². The molecule has 1 saturated carbocycles. The fourth-order valence-corrected chi connectivity index (χ4v) is 6.10. The van der Waals surface area contributed by atoms with Crippen molar-refractivity contribution >= 4 is 27.5 Å². The molecule has 2 heterocycles. The number of likely N-dealkylation sites (tertiary alicyclic amines) is 1. The first-order chi connectivity index (χ1) is 16.8. The topological polar surface area (TPSA) is 111 Å². The summed E-state index contributed by atoms with van der Waals surface area (Å²) in [6, 6.07) is 5.17. The zero-order valence-corrected chi connectivity index (χ0v) is 21.7. The summed E-state index contributed by atoms with van der Waals surface area (Å²) >= 11 is 6.35. The number of nitrogens with zero attached hydrogens (tertiary/aromatic N) is 2. The summed E-state index contributed by atoms with van der Waals surface area (Å²) in [6.45, 7) is 3.90. The third-order valence-corrected chi connectivity index (χ3v) is 8.61. The summed E-state index contributed by atoms with van der Waals surface area (Å²) < 4.78 is 34.8. The zero-order valence-electron chi connectivity index (χ0n) is 20.1. The van der Waals surface area contributed by atoms with Crippen LogP contribution >= 0.6 is 11.6 Å². The fourth-order valence-electron chi connectivity index (χ4n) is 4.59. The highest BCUT2D eigenvalue weighted by Gasteiger charge is 2.28. The van der Waals surface area contributed by atoms with Crippen molar-refractivity contribution in [1.82, 2.24) is 19.8 Å². The molecule has 0 spiro atoms. The van der Waals surface area contributed by atoms with E-state index in [-0.39, 0.29) is 24.2 Å². The lowest BCUT2D eigenvalue weighted by molar-refractivity contribution is -0.119. The second-order valence-corrected chi connectivity index (χ2v) is 12.2. The Labute approximate surface area is 213 Å². The van der Waals surface area contributed by atoms with Gasteiger partial charge in [0.1, 0.15) is 5.75 Å². The lowest BCUT2D eigenvalue weighted by Crippen LogP contribution is -2.38. The quantitative estimate of drug-likeness (QED) is 0.317. The predicted molar refractivity (Wildman–Crippen MR) is 135 cm³/mol. The van der Waals surface area contributed by atoms with Gasteiger partial charge >= 0.3 is 0 Å². The van der Waals surface area contributed by atoms with Gasteiger partial charge in [0.05, 0.1) is 30.0 Å². The maximum absolute atomic E-state index is 13.0. The average molecular weight is 529 g/mol. The Kier molecular flexibility index (Phi) is 9.29. The monoisotopic (exact) mass is 528 g/mol. The molecule has 2 atom stereocenters. The molecule has 1 unspecified atom stereocenters. The van der Waals surface area contributed by atoms with Crippen molar-refractivity contribution in [3.05, 3.63) is 28.8 Å². The predicted octanol–water partition coefficient (Wildman–Crippen LogP) is 2.06. The van der Waals surface area contributed by atoms with Crippen molar-refractivity contribution in [2.75, 3.05) is 45.1 Å². The van der Waals surface area contributed by atoms with Crippen LogP contribution in [0.3, 0.4) is 0 Å². The molecule has 3 N–H and O–H groups in total. The van der Waals surface area contributed by atoms with E-state index in [0.717, 1.165) is 31.5 Å². The molecule has 3 fully saturated rings. The number of hydrogen-bond donors (Lipinski definition) is 3. The van der Waals surface area contributed by atoms with Crippen LogP contribution in [0.4, 0.5) is 0 Å². The number of sulfonamides is 1. The van der Waals surface area contributed by atoms with Crippen LogP contribution in [0.1, 0.15) is 56.6 Å². The van der Waals surface area contributed by atoms with E-state index >= 15 is 0 Å². The third kappa shape index (κ3) is 8.30. The maximum atomic E-state index is 13.0. The first kappa shape index (κ1) is 26.6. The Morgan fingerprint density at radius 3 is 2.66 bits per heavy atom. The van der Waals surface area contributed by atoms with Crippen LogP contribution in [0.5, 0.6) is 5.75 Å². The summed E-state index contributed by atoms with van der Waals surface area (Å²) in [6.07, 6.45) is 5.58. The van der Waals surface area contributed by atoms with Gasteiger partial charge in [-0.3, -0.25) is 9.69 Å². The average Bonchev–Trinajstić information content (AvgIpc) is 3.39. The van der Waals surface area contributed by atoms with Crippen LogP contribution in [0, 0.1) is 5.92 Å². The summed E-state index contributed by atoms with van der Waals surface area (Å²) in [5.41, 5.74) is 0.857. The van der Waals surface area contributed by atoms with Crippen LogP contribution in [-0.4, -0.2) is 80.7 Å². The van der Waals surface area contributed by atoms with Crippen LogP contribution in [0.15, 0.2) is 18.2 Å². The lowest BCUT2D eigenvalue weighted by Gasteiger charge is -2.25. The zero-order chi connectivity index (χ0) is 24.8. The molecule has 2 saturated heterocycles. The molecule has 1 aromatic rings. The number of aliphatic hydroxyl groups is 1. The molecule has 1 aromatic carbocycles. The molecule has 2 aliphatic heterocycles. The van der Waals surface area contributed by atoms with Gasteiger partial charge in [-0.15, -0.1) is 0 Å². The van der Waals surface area contributed by atoms with Crippen LogP contribution in [-0.2, 0) is 14.8 Å². The Balaban J connectivity index is 1.32. The van der Waals surface area contributed by atoms with Gasteiger partial charge in [0.2, 0.25) is 15.9 Å². The molecule has 0 bridgehead atoms. The fraction of sp³-hybridized carbons (Fsp3) is 0.708. The number of amides is 1. The number of rotatable bonds is 14. The number of hydrogen-bond acceptors (Lipinski definition) is 7. The summed E-state index contributed by atoms with van der Waals surface area (Å²) in [5.74, 6) is 1.04. The molecule has 1 aliphatic carbocycles. The number of halogens is 1. The van der Waals surface area contributed by atoms with Crippen LogP contribution in [0.25, 0.3) is 0 Å². The number of aliphatic hydroxyl groups excluding tert-OH is 1. The van der Waals surface area contributed by atoms with Crippen molar-refractivity contribution in [3.8, 4) is 5.75 Å². The minimum absolute atomic E-state index is 0.0296. The number of carbonyl (C=O) groups is 1. The molecule has 0 aromatic heterocycles. The number of ether oxygens (including phenoxy) is 1. The lowest BCUT2D eigenvalue weighted by atomic mass is 10.1. The van der Waals surface area contributed by atoms with Crippen molar-refractivity contribution in [1.29, 1.82) is 0 Å². The van der Waals surface area contributed by atoms with E-state index in [4.69, 9.17) is 16.3 Å². The number of unbranched alkanes of at least 4 members (excludes halogenated alkanes) is 2. The van der Waals surface area contributed by atoms with E-state index in [1.807, 2.05) is 12.1 Å². The van der Waals surface area contributed by atoms with E-state index in [1.54, 1.807) is 11.0 Å². The van der Waals surface area contributed by atoms with E-state index in [9.17, 15) is 18.3 Å².